The van der Waals surface area contributed by atoms with Crippen LogP contribution in [0.2, 0.25) is 0 Å². The van der Waals surface area contributed by atoms with Gasteiger partial charge in [-0.1, -0.05) is 19.0 Å². The Hall–Kier alpha value is -2.97. The molecule has 3 aromatic heterocycles. The lowest BCUT2D eigenvalue weighted by atomic mass is 10.0. The van der Waals surface area contributed by atoms with Crippen molar-refractivity contribution >= 4 is 5.91 Å². The topological polar surface area (TPSA) is 104 Å². The van der Waals surface area contributed by atoms with Crippen LogP contribution in [-0.4, -0.2) is 35.6 Å². The normalized spacial score (nSPS) is 12.5. The number of rotatable bonds is 6. The number of nitrogens with zero attached hydrogens (tertiary/aromatic N) is 6. The molecule has 0 aliphatic rings. The summed E-state index contributed by atoms with van der Waals surface area (Å²) in [7, 11) is 1.84. The molecule has 0 saturated carbocycles. The smallest absolute Gasteiger partial charge is 0.274 e. The van der Waals surface area contributed by atoms with Gasteiger partial charge in [-0.15, -0.1) is 10.2 Å². The molecule has 9 heteroatoms. The van der Waals surface area contributed by atoms with Gasteiger partial charge in [0.25, 0.3) is 5.91 Å². The molecule has 1 atom stereocenters. The van der Waals surface area contributed by atoms with Gasteiger partial charge in [-0.25, -0.2) is 0 Å². The molecule has 0 saturated heterocycles. The van der Waals surface area contributed by atoms with Crippen molar-refractivity contribution < 1.29 is 9.32 Å². The van der Waals surface area contributed by atoms with E-state index in [1.807, 2.05) is 33.2 Å². The Kier molecular flexibility index (Phi) is 4.41. The highest BCUT2D eigenvalue weighted by Gasteiger charge is 2.24. The van der Waals surface area contributed by atoms with Gasteiger partial charge in [0, 0.05) is 25.5 Å². The molecule has 3 aromatic rings. The average Bonchev–Trinajstić information content (AvgIpc) is 3.27. The molecule has 0 spiro atoms. The molecular weight excluding hydrogens is 310 g/mol. The van der Waals surface area contributed by atoms with E-state index in [1.54, 1.807) is 27.8 Å². The second-order valence-corrected chi connectivity index (χ2v) is 5.88. The highest BCUT2D eigenvalue weighted by Crippen LogP contribution is 2.19. The summed E-state index contributed by atoms with van der Waals surface area (Å²) in [6.45, 7) is 4.43. The van der Waals surface area contributed by atoms with E-state index in [0.717, 1.165) is 0 Å². The zero-order valence-electron chi connectivity index (χ0n) is 13.7. The molecule has 0 bridgehead atoms. The van der Waals surface area contributed by atoms with E-state index >= 15 is 0 Å². The highest BCUT2D eigenvalue weighted by molar-refractivity contribution is 5.92. The van der Waals surface area contributed by atoms with Crippen LogP contribution in [0, 0.1) is 5.92 Å². The standard InChI is InChI=1S/C15H19N7O2/c1-10(2)13(14-19-16-9-21(14)3)18-15(23)12-7-11(24-20-12)8-22-6-4-5-17-22/h4-7,9-10,13H,8H2,1-3H3,(H,18,23). The largest absolute Gasteiger partial charge is 0.359 e. The monoisotopic (exact) mass is 329 g/mol. The van der Waals surface area contributed by atoms with Crippen LogP contribution in [0.1, 0.15) is 42.0 Å². The molecule has 9 nitrogen and oxygen atoms in total. The summed E-state index contributed by atoms with van der Waals surface area (Å²) in [6, 6.07) is 3.17. The fourth-order valence-corrected chi connectivity index (χ4v) is 2.37. The summed E-state index contributed by atoms with van der Waals surface area (Å²) >= 11 is 0. The Morgan fingerprint density at radius 1 is 1.42 bits per heavy atom. The first-order chi connectivity index (χ1) is 11.5. The fraction of sp³-hybridized carbons (Fsp3) is 0.400. The first-order valence-corrected chi connectivity index (χ1v) is 7.62. The Balaban J connectivity index is 1.72. The molecule has 1 unspecified atom stereocenters. The number of carbonyl (C=O) groups excluding carboxylic acids is 1. The lowest BCUT2D eigenvalue weighted by Crippen LogP contribution is -2.33. The second kappa shape index (κ2) is 6.65. The van der Waals surface area contributed by atoms with Gasteiger partial charge in [-0.05, 0) is 12.0 Å². The maximum absolute atomic E-state index is 12.5. The van der Waals surface area contributed by atoms with Crippen molar-refractivity contribution in [2.24, 2.45) is 13.0 Å². The third-order valence-corrected chi connectivity index (χ3v) is 3.65. The summed E-state index contributed by atoms with van der Waals surface area (Å²) in [4.78, 5) is 12.5. The van der Waals surface area contributed by atoms with E-state index in [2.05, 4.69) is 25.8 Å². The summed E-state index contributed by atoms with van der Waals surface area (Å²) < 4.78 is 8.69. The third-order valence-electron chi connectivity index (χ3n) is 3.65. The van der Waals surface area contributed by atoms with E-state index in [9.17, 15) is 4.79 Å². The van der Waals surface area contributed by atoms with Crippen LogP contribution in [-0.2, 0) is 13.6 Å². The van der Waals surface area contributed by atoms with Crippen LogP contribution in [0.4, 0.5) is 0 Å². The van der Waals surface area contributed by atoms with Gasteiger partial charge in [0.2, 0.25) is 0 Å². The van der Waals surface area contributed by atoms with Crippen LogP contribution in [0.3, 0.4) is 0 Å². The number of carbonyl (C=O) groups is 1. The third kappa shape index (κ3) is 3.34. The van der Waals surface area contributed by atoms with Gasteiger partial charge in [0.15, 0.2) is 17.3 Å². The van der Waals surface area contributed by atoms with Crippen LogP contribution < -0.4 is 5.32 Å². The van der Waals surface area contributed by atoms with Gasteiger partial charge in [-0.2, -0.15) is 5.10 Å². The second-order valence-electron chi connectivity index (χ2n) is 5.88. The maximum atomic E-state index is 12.5. The van der Waals surface area contributed by atoms with Gasteiger partial charge >= 0.3 is 0 Å². The molecular formula is C15H19N7O2. The minimum Gasteiger partial charge on any atom is -0.359 e. The van der Waals surface area contributed by atoms with Crippen molar-refractivity contribution in [3.8, 4) is 0 Å². The minimum atomic E-state index is -0.313. The predicted molar refractivity (Wildman–Crippen MR) is 83.9 cm³/mol. The SMILES string of the molecule is CC(C)C(NC(=O)c1cc(Cn2cccn2)on1)c1nncn1C. The van der Waals surface area contributed by atoms with Crippen molar-refractivity contribution in [3.63, 3.8) is 0 Å². The molecule has 126 valence electrons. The molecule has 3 rings (SSSR count). The van der Waals surface area contributed by atoms with Gasteiger partial charge in [0.1, 0.15) is 12.9 Å². The highest BCUT2D eigenvalue weighted by atomic mass is 16.5. The summed E-state index contributed by atoms with van der Waals surface area (Å²) in [5.74, 6) is 1.08. The molecule has 0 fully saturated rings. The number of aryl methyl sites for hydroxylation is 1. The van der Waals surface area contributed by atoms with Crippen LogP contribution in [0.25, 0.3) is 0 Å². The van der Waals surface area contributed by atoms with E-state index in [1.165, 1.54) is 0 Å². The Morgan fingerprint density at radius 2 is 2.25 bits per heavy atom. The molecule has 1 N–H and O–H groups in total. The summed E-state index contributed by atoms with van der Waals surface area (Å²) in [6.07, 6.45) is 5.10. The average molecular weight is 329 g/mol. The van der Waals surface area contributed by atoms with Crippen molar-refractivity contribution in [1.82, 2.24) is 35.0 Å². The van der Waals surface area contributed by atoms with E-state index in [0.29, 0.717) is 18.1 Å². The van der Waals surface area contributed by atoms with Crippen LogP contribution >= 0.6 is 0 Å². The number of aromatic nitrogens is 6. The summed E-state index contributed by atoms with van der Waals surface area (Å²) in [5, 5.41) is 18.8. The van der Waals surface area contributed by atoms with Crippen molar-refractivity contribution in [1.29, 1.82) is 0 Å². The van der Waals surface area contributed by atoms with Gasteiger partial charge < -0.3 is 14.4 Å². The van der Waals surface area contributed by atoms with Gasteiger partial charge in [-0.3, -0.25) is 9.48 Å². The first-order valence-electron chi connectivity index (χ1n) is 7.62. The fourth-order valence-electron chi connectivity index (χ4n) is 2.37. The molecule has 0 aliphatic carbocycles. The number of nitrogens with one attached hydrogen (secondary N) is 1. The molecule has 1 amide bonds. The number of hydrogen-bond acceptors (Lipinski definition) is 6. The van der Waals surface area contributed by atoms with Crippen molar-refractivity contribution in [2.45, 2.75) is 26.4 Å². The zero-order chi connectivity index (χ0) is 17.1. The molecule has 3 heterocycles. The van der Waals surface area contributed by atoms with Crippen molar-refractivity contribution in [3.05, 3.63) is 48.1 Å². The lowest BCUT2D eigenvalue weighted by Gasteiger charge is -2.20. The van der Waals surface area contributed by atoms with E-state index in [-0.39, 0.29) is 23.6 Å². The molecule has 0 aromatic carbocycles. The van der Waals surface area contributed by atoms with Gasteiger partial charge in [0.05, 0.1) is 6.04 Å². The van der Waals surface area contributed by atoms with Crippen LogP contribution in [0.15, 0.2) is 35.4 Å². The Labute approximate surface area is 138 Å². The van der Waals surface area contributed by atoms with Crippen LogP contribution in [0.5, 0.6) is 0 Å². The van der Waals surface area contributed by atoms with Crippen molar-refractivity contribution in [2.75, 3.05) is 0 Å². The Morgan fingerprint density at radius 3 is 2.88 bits per heavy atom. The zero-order valence-corrected chi connectivity index (χ0v) is 13.7. The first kappa shape index (κ1) is 15.9. The minimum absolute atomic E-state index is 0.146. The number of hydrogen-bond donors (Lipinski definition) is 1. The predicted octanol–water partition coefficient (Wildman–Crippen LogP) is 1.17. The van der Waals surface area contributed by atoms with E-state index < -0.39 is 0 Å². The number of amides is 1. The molecule has 0 radical (unpaired) electrons. The molecule has 24 heavy (non-hydrogen) atoms. The Bertz CT molecular complexity index is 804. The lowest BCUT2D eigenvalue weighted by molar-refractivity contribution is 0.0913. The van der Waals surface area contributed by atoms with E-state index in [4.69, 9.17) is 4.52 Å². The quantitative estimate of drug-likeness (QED) is 0.728. The summed E-state index contributed by atoms with van der Waals surface area (Å²) in [5.41, 5.74) is 0.227. The maximum Gasteiger partial charge on any atom is 0.274 e. The molecule has 0 aliphatic heterocycles.